The number of ether oxygens (including phenoxy) is 1. The zero-order chi connectivity index (χ0) is 19.7. The fraction of sp³-hybridized carbons (Fsp3) is 0.0435. The molecule has 4 rings (SSSR count). The van der Waals surface area contributed by atoms with Crippen molar-refractivity contribution in [3.05, 3.63) is 102 Å². The summed E-state index contributed by atoms with van der Waals surface area (Å²) in [7, 11) is 0. The maximum Gasteiger partial charge on any atom is 0.263 e. The highest BCUT2D eigenvalue weighted by molar-refractivity contribution is 5.80. The second kappa shape index (κ2) is 9.23. The minimum atomic E-state index is 0.338. The monoisotopic (exact) mass is 381 g/mol. The van der Waals surface area contributed by atoms with E-state index in [2.05, 4.69) is 25.7 Å². The first kappa shape index (κ1) is 18.3. The standard InChI is InChI=1S/C23H19N5O/c1-3-7-19(8-4-1)17-29-21-13-11-18(12-14-21)15-24-27-23-26-22(16-25-28-23)20-9-5-2-6-10-20/h1-16H,17H2,(H,26,27,28)/b24-15+. The summed E-state index contributed by atoms with van der Waals surface area (Å²) in [5, 5.41) is 12.1. The highest BCUT2D eigenvalue weighted by atomic mass is 16.5. The molecule has 6 heteroatoms. The Morgan fingerprint density at radius 3 is 2.34 bits per heavy atom. The second-order valence-electron chi connectivity index (χ2n) is 6.24. The highest BCUT2D eigenvalue weighted by Gasteiger charge is 2.02. The molecule has 0 unspecified atom stereocenters. The molecule has 1 aromatic heterocycles. The molecule has 0 saturated carbocycles. The van der Waals surface area contributed by atoms with Crippen LogP contribution < -0.4 is 10.2 Å². The first-order valence-electron chi connectivity index (χ1n) is 9.18. The molecule has 6 nitrogen and oxygen atoms in total. The maximum atomic E-state index is 5.79. The Kier molecular flexibility index (Phi) is 5.83. The Labute approximate surface area is 168 Å². The molecule has 0 atom stereocenters. The maximum absolute atomic E-state index is 5.79. The third-order valence-electron chi connectivity index (χ3n) is 4.13. The lowest BCUT2D eigenvalue weighted by Crippen LogP contribution is -2.00. The number of hydrogen-bond acceptors (Lipinski definition) is 6. The van der Waals surface area contributed by atoms with Crippen molar-refractivity contribution in [3.8, 4) is 17.0 Å². The Hall–Kier alpha value is -4.06. The van der Waals surface area contributed by atoms with Crippen molar-refractivity contribution in [1.82, 2.24) is 15.2 Å². The van der Waals surface area contributed by atoms with Gasteiger partial charge in [-0.1, -0.05) is 60.7 Å². The molecule has 0 spiro atoms. The molecule has 1 N–H and O–H groups in total. The first-order chi connectivity index (χ1) is 14.4. The molecule has 0 aliphatic carbocycles. The number of benzene rings is 3. The number of nitrogens with zero attached hydrogens (tertiary/aromatic N) is 4. The number of hydrogen-bond donors (Lipinski definition) is 1. The molecule has 29 heavy (non-hydrogen) atoms. The summed E-state index contributed by atoms with van der Waals surface area (Å²) in [6.45, 7) is 0.540. The average Bonchev–Trinajstić information content (AvgIpc) is 2.80. The molecule has 1 heterocycles. The van der Waals surface area contributed by atoms with E-state index in [0.717, 1.165) is 28.1 Å². The van der Waals surface area contributed by atoms with Crippen LogP contribution in [0.15, 0.2) is 96.2 Å². The van der Waals surface area contributed by atoms with Crippen LogP contribution in [0.1, 0.15) is 11.1 Å². The van der Waals surface area contributed by atoms with Crippen LogP contribution in [-0.2, 0) is 6.61 Å². The highest BCUT2D eigenvalue weighted by Crippen LogP contribution is 2.16. The predicted octanol–water partition coefficient (Wildman–Crippen LogP) is 4.56. The number of hydrazone groups is 1. The molecule has 3 aromatic carbocycles. The zero-order valence-electron chi connectivity index (χ0n) is 15.6. The van der Waals surface area contributed by atoms with Gasteiger partial charge in [-0.25, -0.2) is 10.4 Å². The van der Waals surface area contributed by atoms with E-state index in [9.17, 15) is 0 Å². The van der Waals surface area contributed by atoms with Gasteiger partial charge in [-0.3, -0.25) is 0 Å². The van der Waals surface area contributed by atoms with E-state index in [1.165, 1.54) is 0 Å². The molecule has 0 aliphatic heterocycles. The number of anilines is 1. The molecule has 0 amide bonds. The minimum absolute atomic E-state index is 0.338. The summed E-state index contributed by atoms with van der Waals surface area (Å²) < 4.78 is 5.79. The van der Waals surface area contributed by atoms with Gasteiger partial charge in [-0.05, 0) is 35.4 Å². The van der Waals surface area contributed by atoms with Gasteiger partial charge in [0.1, 0.15) is 12.4 Å². The Morgan fingerprint density at radius 1 is 0.862 bits per heavy atom. The van der Waals surface area contributed by atoms with Gasteiger partial charge in [0.25, 0.3) is 5.95 Å². The van der Waals surface area contributed by atoms with Gasteiger partial charge in [0.2, 0.25) is 0 Å². The van der Waals surface area contributed by atoms with Crippen LogP contribution in [0.4, 0.5) is 5.95 Å². The van der Waals surface area contributed by atoms with Crippen LogP contribution in [0.2, 0.25) is 0 Å². The normalized spacial score (nSPS) is 10.8. The smallest absolute Gasteiger partial charge is 0.263 e. The fourth-order valence-electron chi connectivity index (χ4n) is 2.65. The molecular weight excluding hydrogens is 362 g/mol. The summed E-state index contributed by atoms with van der Waals surface area (Å²) in [5.41, 5.74) is 6.59. The molecule has 0 fully saturated rings. The first-order valence-corrected chi connectivity index (χ1v) is 9.18. The van der Waals surface area contributed by atoms with E-state index < -0.39 is 0 Å². The summed E-state index contributed by atoms with van der Waals surface area (Å²) >= 11 is 0. The number of nitrogens with one attached hydrogen (secondary N) is 1. The van der Waals surface area contributed by atoms with Crippen LogP contribution in [0, 0.1) is 0 Å². The van der Waals surface area contributed by atoms with Crippen molar-refractivity contribution in [2.45, 2.75) is 6.61 Å². The Bertz CT molecular complexity index is 1070. The van der Waals surface area contributed by atoms with Crippen LogP contribution in [-0.4, -0.2) is 21.4 Å². The third kappa shape index (κ3) is 5.23. The summed E-state index contributed by atoms with van der Waals surface area (Å²) in [4.78, 5) is 4.42. The van der Waals surface area contributed by atoms with Crippen molar-refractivity contribution < 1.29 is 4.74 Å². The molecule has 0 aliphatic rings. The predicted molar refractivity (Wildman–Crippen MR) is 114 cm³/mol. The molecule has 142 valence electrons. The lowest BCUT2D eigenvalue weighted by atomic mass is 10.2. The van der Waals surface area contributed by atoms with Gasteiger partial charge in [0, 0.05) is 5.56 Å². The zero-order valence-corrected chi connectivity index (χ0v) is 15.6. The number of aromatic nitrogens is 3. The van der Waals surface area contributed by atoms with Crippen molar-refractivity contribution in [3.63, 3.8) is 0 Å². The van der Waals surface area contributed by atoms with Crippen LogP contribution in [0.3, 0.4) is 0 Å². The summed E-state index contributed by atoms with van der Waals surface area (Å²) in [5.74, 6) is 1.15. The van der Waals surface area contributed by atoms with Crippen LogP contribution in [0.25, 0.3) is 11.3 Å². The van der Waals surface area contributed by atoms with Gasteiger partial charge in [-0.2, -0.15) is 10.2 Å². The van der Waals surface area contributed by atoms with Crippen molar-refractivity contribution in [2.24, 2.45) is 5.10 Å². The SMILES string of the molecule is C(=N\Nc1nncc(-c2ccccc2)n1)/c1ccc(OCc2ccccc2)cc1. The average molecular weight is 381 g/mol. The Morgan fingerprint density at radius 2 is 1.59 bits per heavy atom. The molecule has 0 saturated heterocycles. The van der Waals surface area contributed by atoms with Crippen LogP contribution in [0.5, 0.6) is 5.75 Å². The van der Waals surface area contributed by atoms with Gasteiger partial charge in [0.05, 0.1) is 18.1 Å². The van der Waals surface area contributed by atoms with Crippen molar-refractivity contribution in [1.29, 1.82) is 0 Å². The van der Waals surface area contributed by atoms with Gasteiger partial charge >= 0.3 is 0 Å². The van der Waals surface area contributed by atoms with E-state index in [1.54, 1.807) is 12.4 Å². The van der Waals surface area contributed by atoms with Gasteiger partial charge < -0.3 is 4.74 Å². The fourth-order valence-corrected chi connectivity index (χ4v) is 2.65. The van der Waals surface area contributed by atoms with E-state index in [0.29, 0.717) is 12.6 Å². The van der Waals surface area contributed by atoms with E-state index in [1.807, 2.05) is 84.9 Å². The van der Waals surface area contributed by atoms with Crippen molar-refractivity contribution in [2.75, 3.05) is 5.43 Å². The topological polar surface area (TPSA) is 72.3 Å². The molecule has 0 bridgehead atoms. The van der Waals surface area contributed by atoms with E-state index >= 15 is 0 Å². The number of rotatable bonds is 7. The minimum Gasteiger partial charge on any atom is -0.489 e. The van der Waals surface area contributed by atoms with E-state index in [4.69, 9.17) is 4.74 Å². The molecular formula is C23H19N5O. The lowest BCUT2D eigenvalue weighted by Gasteiger charge is -2.06. The summed E-state index contributed by atoms with van der Waals surface area (Å²) in [6, 6.07) is 27.6. The van der Waals surface area contributed by atoms with Crippen molar-refractivity contribution >= 4 is 12.2 Å². The summed E-state index contributed by atoms with van der Waals surface area (Å²) in [6.07, 6.45) is 3.32. The molecule has 0 radical (unpaired) electrons. The lowest BCUT2D eigenvalue weighted by molar-refractivity contribution is 0.306. The largest absolute Gasteiger partial charge is 0.489 e. The Balaban J connectivity index is 1.34. The van der Waals surface area contributed by atoms with Gasteiger partial charge in [-0.15, -0.1) is 5.10 Å². The van der Waals surface area contributed by atoms with Gasteiger partial charge in [0.15, 0.2) is 0 Å². The molecule has 4 aromatic rings. The second-order valence-corrected chi connectivity index (χ2v) is 6.24. The van der Waals surface area contributed by atoms with Crippen LogP contribution >= 0.6 is 0 Å². The quantitative estimate of drug-likeness (QED) is 0.375. The third-order valence-corrected chi connectivity index (χ3v) is 4.13. The van der Waals surface area contributed by atoms with E-state index in [-0.39, 0.29) is 0 Å².